The average molecular weight is 265 g/mol. The molecular formula is C14H19NO2S. The summed E-state index contributed by atoms with van der Waals surface area (Å²) in [7, 11) is 0. The predicted octanol–water partition coefficient (Wildman–Crippen LogP) is 2.81. The SMILES string of the molecule is CCC1CC(=O)N(CC(=O)c2cc(C)sc2C)C1. The number of nitrogens with zero attached hydrogens (tertiary/aromatic N) is 1. The summed E-state index contributed by atoms with van der Waals surface area (Å²) in [5.41, 5.74) is 0.783. The maximum atomic E-state index is 12.2. The van der Waals surface area contributed by atoms with E-state index < -0.39 is 0 Å². The van der Waals surface area contributed by atoms with Crippen molar-refractivity contribution in [3.05, 3.63) is 21.4 Å². The fraction of sp³-hybridized carbons (Fsp3) is 0.571. The van der Waals surface area contributed by atoms with Crippen LogP contribution < -0.4 is 0 Å². The summed E-state index contributed by atoms with van der Waals surface area (Å²) in [5.74, 6) is 0.623. The Balaban J connectivity index is 2.04. The summed E-state index contributed by atoms with van der Waals surface area (Å²) in [4.78, 5) is 27.9. The third-order valence-electron chi connectivity index (χ3n) is 3.55. The number of thiophene rings is 1. The number of carbonyl (C=O) groups excluding carboxylic acids is 2. The smallest absolute Gasteiger partial charge is 0.223 e. The first-order chi connectivity index (χ1) is 8.51. The molecule has 0 aliphatic carbocycles. The maximum Gasteiger partial charge on any atom is 0.223 e. The molecule has 1 unspecified atom stereocenters. The Bertz CT molecular complexity index is 478. The van der Waals surface area contributed by atoms with Gasteiger partial charge in [-0.1, -0.05) is 13.3 Å². The van der Waals surface area contributed by atoms with E-state index in [2.05, 4.69) is 6.92 Å². The van der Waals surface area contributed by atoms with Crippen LogP contribution in [0.1, 0.15) is 39.9 Å². The van der Waals surface area contributed by atoms with Gasteiger partial charge in [0.15, 0.2) is 5.78 Å². The summed E-state index contributed by atoms with van der Waals surface area (Å²) in [6.07, 6.45) is 1.61. The highest BCUT2D eigenvalue weighted by atomic mass is 32.1. The molecule has 0 radical (unpaired) electrons. The van der Waals surface area contributed by atoms with Gasteiger partial charge >= 0.3 is 0 Å². The fourth-order valence-corrected chi connectivity index (χ4v) is 3.39. The molecule has 0 bridgehead atoms. The van der Waals surface area contributed by atoms with Crippen molar-refractivity contribution in [1.29, 1.82) is 0 Å². The van der Waals surface area contributed by atoms with Crippen molar-refractivity contribution in [2.45, 2.75) is 33.6 Å². The van der Waals surface area contributed by atoms with Crippen molar-refractivity contribution >= 4 is 23.0 Å². The van der Waals surface area contributed by atoms with E-state index in [1.807, 2.05) is 19.9 Å². The molecule has 1 aliphatic rings. The summed E-state index contributed by atoms with van der Waals surface area (Å²) >= 11 is 1.64. The van der Waals surface area contributed by atoms with Crippen molar-refractivity contribution in [2.75, 3.05) is 13.1 Å². The molecule has 0 saturated carbocycles. The summed E-state index contributed by atoms with van der Waals surface area (Å²) in [5, 5.41) is 0. The van der Waals surface area contributed by atoms with E-state index in [9.17, 15) is 9.59 Å². The van der Waals surface area contributed by atoms with Crippen LogP contribution >= 0.6 is 11.3 Å². The number of hydrogen-bond donors (Lipinski definition) is 0. The maximum absolute atomic E-state index is 12.2. The zero-order chi connectivity index (χ0) is 13.3. The fourth-order valence-electron chi connectivity index (χ4n) is 2.45. The van der Waals surface area contributed by atoms with E-state index in [0.29, 0.717) is 12.3 Å². The van der Waals surface area contributed by atoms with Gasteiger partial charge in [0.05, 0.1) is 6.54 Å². The molecule has 1 fully saturated rings. The number of likely N-dealkylation sites (tertiary alicyclic amines) is 1. The molecule has 18 heavy (non-hydrogen) atoms. The van der Waals surface area contributed by atoms with Gasteiger partial charge in [0, 0.05) is 28.3 Å². The van der Waals surface area contributed by atoms with E-state index in [1.54, 1.807) is 16.2 Å². The molecule has 1 amide bonds. The number of amides is 1. The Kier molecular flexibility index (Phi) is 3.85. The summed E-state index contributed by atoms with van der Waals surface area (Å²) in [6.45, 7) is 7.04. The van der Waals surface area contributed by atoms with Gasteiger partial charge in [0.25, 0.3) is 0 Å². The van der Waals surface area contributed by atoms with Gasteiger partial charge < -0.3 is 4.90 Å². The molecule has 2 heterocycles. The zero-order valence-corrected chi connectivity index (χ0v) is 12.0. The zero-order valence-electron chi connectivity index (χ0n) is 11.2. The molecule has 2 rings (SSSR count). The first-order valence-corrected chi connectivity index (χ1v) is 7.21. The molecular weight excluding hydrogens is 246 g/mol. The van der Waals surface area contributed by atoms with Crippen LogP contribution in [0.2, 0.25) is 0 Å². The Morgan fingerprint density at radius 2 is 2.22 bits per heavy atom. The van der Waals surface area contributed by atoms with E-state index in [0.717, 1.165) is 28.3 Å². The number of rotatable bonds is 4. The van der Waals surface area contributed by atoms with Gasteiger partial charge in [-0.25, -0.2) is 0 Å². The molecule has 0 spiro atoms. The standard InChI is InChI=1S/C14H19NO2S/c1-4-11-6-14(17)15(7-11)8-13(16)12-5-9(2)18-10(12)3/h5,11H,4,6-8H2,1-3H3. The van der Waals surface area contributed by atoms with Crippen LogP contribution in [0.3, 0.4) is 0 Å². The van der Waals surface area contributed by atoms with E-state index in [1.165, 1.54) is 0 Å². The molecule has 3 nitrogen and oxygen atoms in total. The highest BCUT2D eigenvalue weighted by Gasteiger charge is 2.30. The molecule has 1 saturated heterocycles. The van der Waals surface area contributed by atoms with Crippen LogP contribution in [-0.4, -0.2) is 29.7 Å². The van der Waals surface area contributed by atoms with E-state index in [-0.39, 0.29) is 18.2 Å². The number of aryl methyl sites for hydroxylation is 2. The molecule has 0 N–H and O–H groups in total. The van der Waals surface area contributed by atoms with Gasteiger partial charge in [0.1, 0.15) is 0 Å². The molecule has 1 aromatic rings. The first kappa shape index (κ1) is 13.3. The number of carbonyl (C=O) groups is 2. The van der Waals surface area contributed by atoms with Crippen molar-refractivity contribution in [3.8, 4) is 0 Å². The Labute approximate surface area is 112 Å². The van der Waals surface area contributed by atoms with Gasteiger partial charge in [-0.3, -0.25) is 9.59 Å². The Hall–Kier alpha value is -1.16. The minimum atomic E-state index is 0.0713. The second kappa shape index (κ2) is 5.22. The Morgan fingerprint density at radius 3 is 2.72 bits per heavy atom. The van der Waals surface area contributed by atoms with Crippen molar-refractivity contribution in [3.63, 3.8) is 0 Å². The van der Waals surface area contributed by atoms with Gasteiger partial charge in [-0.2, -0.15) is 0 Å². The topological polar surface area (TPSA) is 37.4 Å². The van der Waals surface area contributed by atoms with Crippen LogP contribution in [0, 0.1) is 19.8 Å². The second-order valence-electron chi connectivity index (χ2n) is 5.00. The number of Topliss-reactive ketones (excluding diaryl/α,β-unsaturated/α-hetero) is 1. The molecule has 1 aromatic heterocycles. The highest BCUT2D eigenvalue weighted by molar-refractivity contribution is 7.12. The van der Waals surface area contributed by atoms with Crippen molar-refractivity contribution in [2.24, 2.45) is 5.92 Å². The van der Waals surface area contributed by atoms with Crippen LogP contribution in [0.5, 0.6) is 0 Å². The largest absolute Gasteiger partial charge is 0.335 e. The Morgan fingerprint density at radius 1 is 1.50 bits per heavy atom. The second-order valence-corrected chi connectivity index (χ2v) is 6.46. The van der Waals surface area contributed by atoms with Crippen LogP contribution in [0.25, 0.3) is 0 Å². The van der Waals surface area contributed by atoms with Crippen molar-refractivity contribution in [1.82, 2.24) is 4.90 Å². The third-order valence-corrected chi connectivity index (χ3v) is 4.51. The average Bonchev–Trinajstić information content (AvgIpc) is 2.82. The van der Waals surface area contributed by atoms with Gasteiger partial charge in [-0.05, 0) is 25.8 Å². The first-order valence-electron chi connectivity index (χ1n) is 6.39. The minimum Gasteiger partial charge on any atom is -0.335 e. The normalized spacial score (nSPS) is 19.6. The summed E-state index contributed by atoms with van der Waals surface area (Å²) in [6, 6.07) is 1.93. The summed E-state index contributed by atoms with van der Waals surface area (Å²) < 4.78 is 0. The quantitative estimate of drug-likeness (QED) is 0.785. The number of hydrogen-bond acceptors (Lipinski definition) is 3. The van der Waals surface area contributed by atoms with Crippen molar-refractivity contribution < 1.29 is 9.59 Å². The molecule has 4 heteroatoms. The minimum absolute atomic E-state index is 0.0713. The third kappa shape index (κ3) is 2.64. The van der Waals surface area contributed by atoms with Gasteiger partial charge in [-0.15, -0.1) is 11.3 Å². The van der Waals surface area contributed by atoms with Gasteiger partial charge in [0.2, 0.25) is 5.91 Å². The lowest BCUT2D eigenvalue weighted by Gasteiger charge is -2.15. The lowest BCUT2D eigenvalue weighted by molar-refractivity contribution is -0.127. The van der Waals surface area contributed by atoms with E-state index in [4.69, 9.17) is 0 Å². The molecule has 1 atom stereocenters. The lowest BCUT2D eigenvalue weighted by Crippen LogP contribution is -2.31. The number of ketones is 1. The predicted molar refractivity (Wildman–Crippen MR) is 73.1 cm³/mol. The van der Waals surface area contributed by atoms with E-state index >= 15 is 0 Å². The lowest BCUT2D eigenvalue weighted by atomic mass is 10.1. The molecule has 0 aromatic carbocycles. The van der Waals surface area contributed by atoms with Crippen LogP contribution in [-0.2, 0) is 4.79 Å². The van der Waals surface area contributed by atoms with Crippen LogP contribution in [0.4, 0.5) is 0 Å². The highest BCUT2D eigenvalue weighted by Crippen LogP contribution is 2.24. The van der Waals surface area contributed by atoms with Crippen LogP contribution in [0.15, 0.2) is 6.07 Å². The monoisotopic (exact) mass is 265 g/mol. The molecule has 98 valence electrons. The molecule has 1 aliphatic heterocycles.